The molecule has 2 aromatic rings. The summed E-state index contributed by atoms with van der Waals surface area (Å²) < 4.78 is 6.37. The average Bonchev–Trinajstić information content (AvgIpc) is 2.54. The molecule has 120 valence electrons. The predicted molar refractivity (Wildman–Crippen MR) is 83.3 cm³/mol. The van der Waals surface area contributed by atoms with Crippen LogP contribution in [0.5, 0.6) is 5.75 Å². The number of nitrogens with one attached hydrogen (secondary N) is 1. The lowest BCUT2D eigenvalue weighted by Crippen LogP contribution is -2.33. The highest BCUT2D eigenvalue weighted by atomic mass is 16.5. The molecule has 0 aliphatic carbocycles. The van der Waals surface area contributed by atoms with Crippen molar-refractivity contribution in [3.63, 3.8) is 0 Å². The van der Waals surface area contributed by atoms with Crippen LogP contribution in [0.25, 0.3) is 0 Å². The SMILES string of the molecule is CC(=O)Oc1ccc(=O)n(C(C)CNC(=O)c2ccncc2)c1. The Morgan fingerprint density at radius 1 is 1.26 bits per heavy atom. The molecule has 7 heteroatoms. The van der Waals surface area contributed by atoms with Gasteiger partial charge in [0.2, 0.25) is 0 Å². The maximum absolute atomic E-state index is 12.0. The second kappa shape index (κ2) is 7.35. The molecule has 1 unspecified atom stereocenters. The molecule has 0 aliphatic rings. The zero-order chi connectivity index (χ0) is 16.8. The fraction of sp³-hybridized carbons (Fsp3) is 0.250. The van der Waals surface area contributed by atoms with Crippen LogP contribution in [0.3, 0.4) is 0 Å². The molecule has 2 rings (SSSR count). The first-order valence-corrected chi connectivity index (χ1v) is 7.06. The van der Waals surface area contributed by atoms with E-state index in [0.29, 0.717) is 5.56 Å². The minimum Gasteiger partial charge on any atom is -0.425 e. The van der Waals surface area contributed by atoms with Gasteiger partial charge in [0.15, 0.2) is 0 Å². The standard InChI is InChI=1S/C16H17N3O4/c1-11(9-18-16(22)13-5-7-17-8-6-13)19-10-14(23-12(2)20)3-4-15(19)21/h3-8,10-11H,9H2,1-2H3,(H,18,22). The summed E-state index contributed by atoms with van der Waals surface area (Å²) in [7, 11) is 0. The number of carbonyl (C=O) groups is 2. The number of ether oxygens (including phenoxy) is 1. The smallest absolute Gasteiger partial charge is 0.308 e. The number of aromatic nitrogens is 2. The molecule has 0 saturated carbocycles. The molecule has 0 saturated heterocycles. The fourth-order valence-corrected chi connectivity index (χ4v) is 2.00. The molecular weight excluding hydrogens is 298 g/mol. The molecule has 1 N–H and O–H groups in total. The van der Waals surface area contributed by atoms with Crippen molar-refractivity contribution < 1.29 is 14.3 Å². The Morgan fingerprint density at radius 2 is 1.96 bits per heavy atom. The summed E-state index contributed by atoms with van der Waals surface area (Å²) >= 11 is 0. The van der Waals surface area contributed by atoms with Crippen molar-refractivity contribution in [2.24, 2.45) is 0 Å². The van der Waals surface area contributed by atoms with Crippen LogP contribution in [0, 0.1) is 0 Å². The predicted octanol–water partition coefficient (Wildman–Crippen LogP) is 1.16. The summed E-state index contributed by atoms with van der Waals surface area (Å²) in [4.78, 5) is 38.7. The second-order valence-electron chi connectivity index (χ2n) is 5.00. The van der Waals surface area contributed by atoms with E-state index in [9.17, 15) is 14.4 Å². The molecule has 1 amide bonds. The van der Waals surface area contributed by atoms with Crippen molar-refractivity contribution in [1.82, 2.24) is 14.9 Å². The van der Waals surface area contributed by atoms with Crippen molar-refractivity contribution >= 4 is 11.9 Å². The van der Waals surface area contributed by atoms with Gasteiger partial charge in [-0.2, -0.15) is 0 Å². The molecule has 0 bridgehead atoms. The van der Waals surface area contributed by atoms with Crippen LogP contribution in [-0.4, -0.2) is 28.0 Å². The van der Waals surface area contributed by atoms with Gasteiger partial charge in [-0.25, -0.2) is 0 Å². The highest BCUT2D eigenvalue weighted by Crippen LogP contribution is 2.11. The van der Waals surface area contributed by atoms with Gasteiger partial charge in [-0.05, 0) is 25.1 Å². The van der Waals surface area contributed by atoms with Gasteiger partial charge in [-0.3, -0.25) is 19.4 Å². The Bertz CT molecular complexity index is 755. The minimum absolute atomic E-state index is 0.244. The molecule has 2 aromatic heterocycles. The molecule has 2 heterocycles. The van der Waals surface area contributed by atoms with E-state index in [1.807, 2.05) is 0 Å². The number of rotatable bonds is 5. The number of nitrogens with zero attached hydrogens (tertiary/aromatic N) is 2. The van der Waals surface area contributed by atoms with E-state index in [4.69, 9.17) is 4.74 Å². The molecule has 0 fully saturated rings. The van der Waals surface area contributed by atoms with Crippen molar-refractivity contribution in [3.8, 4) is 5.75 Å². The number of hydrogen-bond acceptors (Lipinski definition) is 5. The average molecular weight is 315 g/mol. The lowest BCUT2D eigenvalue weighted by Gasteiger charge is -2.16. The quantitative estimate of drug-likeness (QED) is 0.836. The Balaban J connectivity index is 2.05. The number of amides is 1. The maximum atomic E-state index is 12.0. The van der Waals surface area contributed by atoms with Crippen LogP contribution < -0.4 is 15.6 Å². The summed E-state index contributed by atoms with van der Waals surface area (Å²) in [5.74, 6) is -0.429. The zero-order valence-electron chi connectivity index (χ0n) is 12.9. The largest absolute Gasteiger partial charge is 0.425 e. The Labute approximate surface area is 132 Å². The summed E-state index contributed by atoms with van der Waals surface area (Å²) in [6, 6.07) is 5.66. The van der Waals surface area contributed by atoms with Gasteiger partial charge >= 0.3 is 5.97 Å². The van der Waals surface area contributed by atoms with E-state index < -0.39 is 5.97 Å². The Kier molecular flexibility index (Phi) is 5.24. The molecule has 0 aromatic carbocycles. The topological polar surface area (TPSA) is 90.3 Å². The van der Waals surface area contributed by atoms with Gasteiger partial charge in [-0.1, -0.05) is 0 Å². The summed E-state index contributed by atoms with van der Waals surface area (Å²) in [5.41, 5.74) is 0.250. The van der Waals surface area contributed by atoms with Crippen LogP contribution in [0.1, 0.15) is 30.2 Å². The van der Waals surface area contributed by atoms with E-state index in [-0.39, 0.29) is 29.8 Å². The molecule has 0 spiro atoms. The first kappa shape index (κ1) is 16.4. The normalized spacial score (nSPS) is 11.6. The lowest BCUT2D eigenvalue weighted by atomic mass is 10.2. The summed E-state index contributed by atoms with van der Waals surface area (Å²) in [5, 5.41) is 2.75. The molecule has 23 heavy (non-hydrogen) atoms. The van der Waals surface area contributed by atoms with Crippen LogP contribution in [0.15, 0.2) is 47.7 Å². The van der Waals surface area contributed by atoms with E-state index >= 15 is 0 Å². The number of carbonyl (C=O) groups excluding carboxylic acids is 2. The molecule has 0 aliphatic heterocycles. The maximum Gasteiger partial charge on any atom is 0.308 e. The number of hydrogen-bond donors (Lipinski definition) is 1. The number of esters is 1. The third-order valence-corrected chi connectivity index (χ3v) is 3.15. The van der Waals surface area contributed by atoms with E-state index in [1.54, 1.807) is 19.1 Å². The van der Waals surface area contributed by atoms with Gasteiger partial charge in [0.05, 0.1) is 12.2 Å². The molecule has 0 radical (unpaired) electrons. The lowest BCUT2D eigenvalue weighted by molar-refractivity contribution is -0.131. The molecule has 7 nitrogen and oxygen atoms in total. The van der Waals surface area contributed by atoms with E-state index in [2.05, 4.69) is 10.3 Å². The van der Waals surface area contributed by atoms with Crippen molar-refractivity contribution in [2.45, 2.75) is 19.9 Å². The van der Waals surface area contributed by atoms with Gasteiger partial charge in [0.25, 0.3) is 11.5 Å². The van der Waals surface area contributed by atoms with Gasteiger partial charge < -0.3 is 14.6 Å². The van der Waals surface area contributed by atoms with Crippen LogP contribution in [0.4, 0.5) is 0 Å². The number of pyridine rings is 2. The summed E-state index contributed by atoms with van der Waals surface area (Å²) in [6.07, 6.45) is 4.52. The van der Waals surface area contributed by atoms with Gasteiger partial charge in [-0.15, -0.1) is 0 Å². The Morgan fingerprint density at radius 3 is 2.61 bits per heavy atom. The summed E-state index contributed by atoms with van der Waals surface area (Å²) in [6.45, 7) is 3.32. The zero-order valence-corrected chi connectivity index (χ0v) is 12.9. The third-order valence-electron chi connectivity index (χ3n) is 3.15. The molecule has 1 atom stereocenters. The first-order valence-electron chi connectivity index (χ1n) is 7.06. The van der Waals surface area contributed by atoms with Gasteiger partial charge in [0, 0.05) is 37.5 Å². The minimum atomic E-state index is -0.464. The van der Waals surface area contributed by atoms with Gasteiger partial charge in [0.1, 0.15) is 5.75 Å². The van der Waals surface area contributed by atoms with Crippen molar-refractivity contribution in [3.05, 3.63) is 58.8 Å². The van der Waals surface area contributed by atoms with E-state index in [0.717, 1.165) is 0 Å². The monoisotopic (exact) mass is 315 g/mol. The highest BCUT2D eigenvalue weighted by molar-refractivity contribution is 5.93. The van der Waals surface area contributed by atoms with Crippen LogP contribution in [0.2, 0.25) is 0 Å². The highest BCUT2D eigenvalue weighted by Gasteiger charge is 2.11. The van der Waals surface area contributed by atoms with Crippen LogP contribution >= 0.6 is 0 Å². The molecular formula is C16H17N3O4. The second-order valence-corrected chi connectivity index (χ2v) is 5.00. The third kappa shape index (κ3) is 4.50. The van der Waals surface area contributed by atoms with Crippen LogP contribution in [-0.2, 0) is 4.79 Å². The van der Waals surface area contributed by atoms with E-state index in [1.165, 1.54) is 42.2 Å². The van der Waals surface area contributed by atoms with Crippen molar-refractivity contribution in [1.29, 1.82) is 0 Å². The fourth-order valence-electron chi connectivity index (χ4n) is 2.00. The first-order chi connectivity index (χ1) is 11.0. The van der Waals surface area contributed by atoms with Crippen molar-refractivity contribution in [2.75, 3.05) is 6.54 Å². The Hall–Kier alpha value is -2.96.